The van der Waals surface area contributed by atoms with Crippen molar-refractivity contribution in [2.24, 2.45) is 0 Å². The number of aromatic hydroxyl groups is 1. The van der Waals surface area contributed by atoms with Crippen LogP contribution in [0.5, 0.6) is 5.75 Å². The molecule has 150 valence electrons. The molecule has 0 saturated carbocycles. The number of anilines is 1. The molecule has 2 aliphatic heterocycles. The molecule has 1 aromatic heterocycles. The average molecular weight is 392 g/mol. The molecule has 8 heteroatoms. The van der Waals surface area contributed by atoms with Crippen LogP contribution in [0.15, 0.2) is 24.3 Å². The Balaban J connectivity index is 1.54. The molecule has 2 bridgehead atoms. The lowest BCUT2D eigenvalue weighted by molar-refractivity contribution is -0.137. The second-order valence-corrected chi connectivity index (χ2v) is 7.78. The van der Waals surface area contributed by atoms with Crippen LogP contribution >= 0.6 is 0 Å². The zero-order valence-electron chi connectivity index (χ0n) is 15.8. The maximum Gasteiger partial charge on any atom is 0.416 e. The third-order valence-corrected chi connectivity index (χ3v) is 6.07. The van der Waals surface area contributed by atoms with Crippen molar-refractivity contribution < 1.29 is 18.3 Å². The Morgan fingerprint density at radius 1 is 1.11 bits per heavy atom. The third-order valence-electron chi connectivity index (χ3n) is 6.07. The largest absolute Gasteiger partial charge is 0.507 e. The molecule has 0 radical (unpaired) electrons. The van der Waals surface area contributed by atoms with Gasteiger partial charge in [0.1, 0.15) is 11.6 Å². The molecule has 0 unspecified atom stereocenters. The summed E-state index contributed by atoms with van der Waals surface area (Å²) in [5.74, 6) is 0.185. The fourth-order valence-corrected chi connectivity index (χ4v) is 4.60. The van der Waals surface area contributed by atoms with Crippen molar-refractivity contribution in [3.8, 4) is 17.0 Å². The molecule has 0 aliphatic carbocycles. The number of aromatic nitrogens is 2. The van der Waals surface area contributed by atoms with Crippen LogP contribution < -0.4 is 5.32 Å². The van der Waals surface area contributed by atoms with E-state index < -0.39 is 17.5 Å². The summed E-state index contributed by atoms with van der Waals surface area (Å²) < 4.78 is 38.7. The second kappa shape index (κ2) is 6.92. The molecule has 5 nitrogen and oxygen atoms in total. The molecule has 3 heterocycles. The van der Waals surface area contributed by atoms with Gasteiger partial charge in [-0.15, -0.1) is 10.2 Å². The maximum absolute atomic E-state index is 12.9. The van der Waals surface area contributed by atoms with E-state index in [2.05, 4.69) is 27.5 Å². The summed E-state index contributed by atoms with van der Waals surface area (Å²) in [6.45, 7) is 1.52. The van der Waals surface area contributed by atoms with Crippen molar-refractivity contribution in [1.29, 1.82) is 0 Å². The Hall–Kier alpha value is -2.35. The van der Waals surface area contributed by atoms with E-state index in [1.165, 1.54) is 19.8 Å². The fourth-order valence-electron chi connectivity index (χ4n) is 4.60. The highest BCUT2D eigenvalue weighted by molar-refractivity contribution is 5.71. The number of piperidine rings is 1. The zero-order valence-corrected chi connectivity index (χ0v) is 15.8. The van der Waals surface area contributed by atoms with E-state index in [1.54, 1.807) is 12.1 Å². The number of nitrogens with one attached hydrogen (secondary N) is 1. The first kappa shape index (κ1) is 19.0. The van der Waals surface area contributed by atoms with Gasteiger partial charge in [0, 0.05) is 23.7 Å². The van der Waals surface area contributed by atoms with Crippen LogP contribution in [0, 0.1) is 6.92 Å². The summed E-state index contributed by atoms with van der Waals surface area (Å²) in [7, 11) is 2.17. The van der Waals surface area contributed by atoms with Gasteiger partial charge in [-0.2, -0.15) is 13.2 Å². The maximum atomic E-state index is 12.9. The summed E-state index contributed by atoms with van der Waals surface area (Å²) in [5.41, 5.74) is 0.0288. The summed E-state index contributed by atoms with van der Waals surface area (Å²) >= 11 is 0. The number of phenols is 1. The van der Waals surface area contributed by atoms with Gasteiger partial charge in [-0.05, 0) is 69.5 Å². The number of rotatable bonds is 3. The van der Waals surface area contributed by atoms with E-state index >= 15 is 0 Å². The smallest absolute Gasteiger partial charge is 0.416 e. The van der Waals surface area contributed by atoms with Gasteiger partial charge in [0.2, 0.25) is 0 Å². The first-order chi connectivity index (χ1) is 13.2. The van der Waals surface area contributed by atoms with Crippen LogP contribution in [0.3, 0.4) is 0 Å². The normalized spacial score (nSPS) is 25.1. The molecule has 28 heavy (non-hydrogen) atoms. The predicted octanol–water partition coefficient (Wildman–Crippen LogP) is 4.21. The Morgan fingerprint density at radius 2 is 1.86 bits per heavy atom. The Labute approximate surface area is 161 Å². The van der Waals surface area contributed by atoms with E-state index in [1.807, 2.05) is 0 Å². The lowest BCUT2D eigenvalue weighted by Crippen LogP contribution is -2.48. The Bertz CT molecular complexity index is 846. The van der Waals surface area contributed by atoms with Gasteiger partial charge in [0.25, 0.3) is 0 Å². The minimum Gasteiger partial charge on any atom is -0.507 e. The average Bonchev–Trinajstić information content (AvgIpc) is 2.85. The summed E-state index contributed by atoms with van der Waals surface area (Å²) in [5, 5.41) is 21.9. The van der Waals surface area contributed by atoms with E-state index in [9.17, 15) is 18.3 Å². The summed E-state index contributed by atoms with van der Waals surface area (Å²) in [4.78, 5) is 2.44. The molecule has 2 N–H and O–H groups in total. The molecule has 4 rings (SSSR count). The van der Waals surface area contributed by atoms with Crippen LogP contribution in [0.1, 0.15) is 36.8 Å². The number of alkyl halides is 3. The standard InChI is InChI=1S/C20H23F3N4O/c1-11-9-12(20(21,22)23)10-17(28)19(11)15-6-8-18(26-25-15)24-14-5-3-13-4-7-16(14)27(13)2/h6,8-10,13-14,16,28H,3-5,7H2,1-2H3,(H,24,26)/t13-,14-,16+/m1/s1. The molecule has 3 atom stereocenters. The number of hydrogen-bond donors (Lipinski definition) is 2. The molecule has 2 saturated heterocycles. The number of aryl methyl sites for hydroxylation is 1. The van der Waals surface area contributed by atoms with Crippen molar-refractivity contribution in [1.82, 2.24) is 15.1 Å². The number of phenolic OH excluding ortho intramolecular Hbond substituents is 1. The SMILES string of the molecule is Cc1cc(C(F)(F)F)cc(O)c1-c1ccc(N[C@@H]2CC[C@@H]3CC[C@@H]2N3C)nn1. The van der Waals surface area contributed by atoms with Gasteiger partial charge in [0.15, 0.2) is 0 Å². The predicted molar refractivity (Wildman–Crippen MR) is 100 cm³/mol. The van der Waals surface area contributed by atoms with Gasteiger partial charge in [0.05, 0.1) is 11.3 Å². The van der Waals surface area contributed by atoms with Crippen molar-refractivity contribution in [2.45, 2.75) is 56.9 Å². The number of hydrogen-bond acceptors (Lipinski definition) is 5. The molecule has 0 amide bonds. The van der Waals surface area contributed by atoms with E-state index in [0.717, 1.165) is 25.0 Å². The highest BCUT2D eigenvalue weighted by atomic mass is 19.4. The van der Waals surface area contributed by atoms with Gasteiger partial charge in [-0.3, -0.25) is 4.90 Å². The second-order valence-electron chi connectivity index (χ2n) is 7.78. The molecule has 1 aromatic carbocycles. The number of fused-ring (bicyclic) bond motifs is 2. The molecular formula is C20H23F3N4O. The van der Waals surface area contributed by atoms with Crippen molar-refractivity contribution in [3.63, 3.8) is 0 Å². The number of nitrogens with zero attached hydrogens (tertiary/aromatic N) is 3. The highest BCUT2D eigenvalue weighted by Crippen LogP contribution is 2.39. The quantitative estimate of drug-likeness (QED) is 0.819. The van der Waals surface area contributed by atoms with Gasteiger partial charge < -0.3 is 10.4 Å². The fraction of sp³-hybridized carbons (Fsp3) is 0.500. The zero-order chi connectivity index (χ0) is 20.1. The van der Waals surface area contributed by atoms with Crippen LogP contribution in [-0.2, 0) is 6.18 Å². The molecule has 2 aromatic rings. The van der Waals surface area contributed by atoms with Gasteiger partial charge in [-0.25, -0.2) is 0 Å². The number of benzene rings is 1. The lowest BCUT2D eigenvalue weighted by Gasteiger charge is -2.38. The number of halogens is 3. The molecular weight excluding hydrogens is 369 g/mol. The first-order valence-electron chi connectivity index (χ1n) is 9.47. The van der Waals surface area contributed by atoms with E-state index in [0.29, 0.717) is 35.2 Å². The number of likely N-dealkylation sites (N-methyl/N-ethyl adjacent to an activating group) is 1. The highest BCUT2D eigenvalue weighted by Gasteiger charge is 2.40. The molecule has 2 aliphatic rings. The first-order valence-corrected chi connectivity index (χ1v) is 9.47. The minimum atomic E-state index is -4.51. The van der Waals surface area contributed by atoms with Crippen molar-refractivity contribution in [3.05, 3.63) is 35.4 Å². The third kappa shape index (κ3) is 3.41. The lowest BCUT2D eigenvalue weighted by atomic mass is 9.98. The Kier molecular flexibility index (Phi) is 4.69. The minimum absolute atomic E-state index is 0.267. The van der Waals surface area contributed by atoms with Crippen LogP contribution in [0.4, 0.5) is 19.0 Å². The van der Waals surface area contributed by atoms with Crippen molar-refractivity contribution in [2.75, 3.05) is 12.4 Å². The van der Waals surface area contributed by atoms with Crippen molar-refractivity contribution >= 4 is 5.82 Å². The van der Waals surface area contributed by atoms with Gasteiger partial charge >= 0.3 is 6.18 Å². The summed E-state index contributed by atoms with van der Waals surface area (Å²) in [6.07, 6.45) is 0.142. The van der Waals surface area contributed by atoms with E-state index in [4.69, 9.17) is 0 Å². The Morgan fingerprint density at radius 3 is 2.50 bits per heavy atom. The van der Waals surface area contributed by atoms with Gasteiger partial charge in [-0.1, -0.05) is 0 Å². The topological polar surface area (TPSA) is 61.3 Å². The van der Waals surface area contributed by atoms with E-state index in [-0.39, 0.29) is 5.56 Å². The monoisotopic (exact) mass is 392 g/mol. The van der Waals surface area contributed by atoms with Crippen LogP contribution in [0.2, 0.25) is 0 Å². The van der Waals surface area contributed by atoms with Crippen LogP contribution in [-0.4, -0.2) is 45.4 Å². The summed E-state index contributed by atoms with van der Waals surface area (Å²) in [6, 6.07) is 6.66. The molecule has 0 spiro atoms. The van der Waals surface area contributed by atoms with Crippen LogP contribution in [0.25, 0.3) is 11.3 Å². The molecule has 2 fully saturated rings.